The van der Waals surface area contributed by atoms with Crippen molar-refractivity contribution in [1.29, 1.82) is 0 Å². The van der Waals surface area contributed by atoms with Crippen LogP contribution in [-0.4, -0.2) is 13.2 Å². The zero-order chi connectivity index (χ0) is 18.9. The van der Waals surface area contributed by atoms with Gasteiger partial charge in [0, 0.05) is 24.2 Å². The van der Waals surface area contributed by atoms with Gasteiger partial charge in [-0.15, -0.1) is 0 Å². The number of benzene rings is 2. The highest BCUT2D eigenvalue weighted by atomic mass is 19.1. The molecule has 1 saturated heterocycles. The predicted octanol–water partition coefficient (Wildman–Crippen LogP) is 6.31. The zero-order valence-corrected chi connectivity index (χ0v) is 16.1. The quantitative estimate of drug-likeness (QED) is 0.622. The summed E-state index contributed by atoms with van der Waals surface area (Å²) >= 11 is 0. The van der Waals surface area contributed by atoms with E-state index < -0.39 is 17.0 Å². The minimum atomic E-state index is -0.445. The van der Waals surface area contributed by atoms with Gasteiger partial charge < -0.3 is 4.74 Å². The van der Waals surface area contributed by atoms with Gasteiger partial charge in [0.05, 0.1) is 0 Å². The maximum Gasteiger partial charge on any atom is 0.129 e. The molecule has 140 valence electrons. The maximum absolute atomic E-state index is 14.7. The van der Waals surface area contributed by atoms with Crippen molar-refractivity contribution >= 4 is 0 Å². The Labute approximate surface area is 155 Å². The van der Waals surface area contributed by atoms with E-state index >= 15 is 0 Å². The minimum absolute atomic E-state index is 0.172. The molecule has 0 amide bonds. The van der Waals surface area contributed by atoms with Gasteiger partial charge in [0.25, 0.3) is 0 Å². The van der Waals surface area contributed by atoms with Gasteiger partial charge in [0.15, 0.2) is 0 Å². The molecule has 26 heavy (non-hydrogen) atoms. The van der Waals surface area contributed by atoms with Crippen LogP contribution in [0.1, 0.15) is 74.6 Å². The van der Waals surface area contributed by atoms with Crippen molar-refractivity contribution in [3.05, 3.63) is 70.3 Å². The molecule has 1 aliphatic heterocycles. The topological polar surface area (TPSA) is 9.23 Å². The van der Waals surface area contributed by atoms with Gasteiger partial charge in [-0.2, -0.15) is 0 Å². The van der Waals surface area contributed by atoms with Crippen molar-refractivity contribution < 1.29 is 13.5 Å². The molecule has 2 aromatic rings. The van der Waals surface area contributed by atoms with Crippen LogP contribution in [0.2, 0.25) is 0 Å². The molecule has 0 bridgehead atoms. The zero-order valence-electron chi connectivity index (χ0n) is 16.1. The fourth-order valence-corrected chi connectivity index (χ4v) is 4.06. The van der Waals surface area contributed by atoms with E-state index in [1.807, 2.05) is 13.8 Å². The Morgan fingerprint density at radius 1 is 0.808 bits per heavy atom. The van der Waals surface area contributed by atoms with E-state index in [1.54, 1.807) is 12.1 Å². The third-order valence-electron chi connectivity index (χ3n) is 5.69. The lowest BCUT2D eigenvalue weighted by Crippen LogP contribution is -2.35. The first kappa shape index (κ1) is 19.0. The molecule has 0 aromatic heterocycles. The van der Waals surface area contributed by atoms with Crippen LogP contribution in [0.4, 0.5) is 8.78 Å². The molecule has 0 unspecified atom stereocenters. The normalized spacial score (nSPS) is 17.1. The Hall–Kier alpha value is -1.74. The van der Waals surface area contributed by atoms with Crippen LogP contribution in [0.3, 0.4) is 0 Å². The predicted molar refractivity (Wildman–Crippen MR) is 102 cm³/mol. The highest BCUT2D eigenvalue weighted by Gasteiger charge is 2.37. The summed E-state index contributed by atoms with van der Waals surface area (Å²) in [5.74, 6) is -0.616. The van der Waals surface area contributed by atoms with Crippen LogP contribution < -0.4 is 0 Å². The van der Waals surface area contributed by atoms with Crippen molar-refractivity contribution in [2.75, 3.05) is 13.2 Å². The van der Waals surface area contributed by atoms with Crippen LogP contribution in [0.15, 0.2) is 36.4 Å². The second-order valence-corrected chi connectivity index (χ2v) is 7.98. The molecular weight excluding hydrogens is 330 g/mol. The van der Waals surface area contributed by atoms with Gasteiger partial charge in [-0.3, -0.25) is 0 Å². The van der Waals surface area contributed by atoms with Crippen LogP contribution in [0.25, 0.3) is 0 Å². The Bertz CT molecular complexity index is 733. The third-order valence-corrected chi connectivity index (χ3v) is 5.69. The summed E-state index contributed by atoms with van der Waals surface area (Å²) in [4.78, 5) is 0. The molecular formula is C23H28F2O. The van der Waals surface area contributed by atoms with Crippen molar-refractivity contribution in [3.8, 4) is 0 Å². The maximum atomic E-state index is 14.7. The highest BCUT2D eigenvalue weighted by molar-refractivity contribution is 5.43. The summed E-state index contributed by atoms with van der Waals surface area (Å²) in [7, 11) is 0. The molecule has 3 rings (SSSR count). The molecule has 0 aliphatic carbocycles. The molecule has 1 aliphatic rings. The Morgan fingerprint density at radius 3 is 1.81 bits per heavy atom. The van der Waals surface area contributed by atoms with E-state index in [0.29, 0.717) is 19.1 Å². The van der Waals surface area contributed by atoms with Gasteiger partial charge in [-0.25, -0.2) is 8.78 Å². The first-order chi connectivity index (χ1) is 12.3. The fourth-order valence-electron chi connectivity index (χ4n) is 4.06. The summed E-state index contributed by atoms with van der Waals surface area (Å²) in [6, 6.07) is 11.6. The average molecular weight is 358 g/mol. The van der Waals surface area contributed by atoms with E-state index in [1.165, 1.54) is 5.56 Å². The monoisotopic (exact) mass is 358 g/mol. The van der Waals surface area contributed by atoms with E-state index in [-0.39, 0.29) is 11.5 Å². The first-order valence-electron chi connectivity index (χ1n) is 9.53. The molecule has 0 N–H and O–H groups in total. The molecule has 1 nitrogen and oxygen atoms in total. The number of ether oxygens (including phenoxy) is 1. The summed E-state index contributed by atoms with van der Waals surface area (Å²) in [6.07, 6.45) is 1.46. The van der Waals surface area contributed by atoms with Crippen molar-refractivity contribution in [3.63, 3.8) is 0 Å². The van der Waals surface area contributed by atoms with Crippen LogP contribution in [-0.2, 0) is 10.2 Å². The molecule has 0 atom stereocenters. The number of hydrogen-bond donors (Lipinski definition) is 0. The van der Waals surface area contributed by atoms with Gasteiger partial charge >= 0.3 is 0 Å². The van der Waals surface area contributed by atoms with Crippen LogP contribution in [0, 0.1) is 11.6 Å². The SMILES string of the molecule is CC(C)c1ccc(C2(c3cc(F)c(C(C)C)c(F)c3)CCOCC2)cc1. The lowest BCUT2D eigenvalue weighted by Gasteiger charge is -2.39. The third kappa shape index (κ3) is 3.42. The molecule has 2 aromatic carbocycles. The number of hydrogen-bond acceptors (Lipinski definition) is 1. The first-order valence-corrected chi connectivity index (χ1v) is 9.53. The van der Waals surface area contributed by atoms with E-state index in [9.17, 15) is 8.78 Å². The van der Waals surface area contributed by atoms with Crippen LogP contribution >= 0.6 is 0 Å². The van der Waals surface area contributed by atoms with Crippen molar-refractivity contribution in [2.24, 2.45) is 0 Å². The van der Waals surface area contributed by atoms with E-state index in [2.05, 4.69) is 38.1 Å². The second-order valence-electron chi connectivity index (χ2n) is 7.98. The van der Waals surface area contributed by atoms with Crippen molar-refractivity contribution in [2.45, 2.75) is 57.8 Å². The largest absolute Gasteiger partial charge is 0.381 e. The molecule has 1 fully saturated rings. The summed E-state index contributed by atoms with van der Waals surface area (Å²) in [6.45, 7) is 9.15. The molecule has 0 radical (unpaired) electrons. The van der Waals surface area contributed by atoms with E-state index in [4.69, 9.17) is 4.74 Å². The summed E-state index contributed by atoms with van der Waals surface area (Å²) < 4.78 is 35.0. The average Bonchev–Trinajstić information content (AvgIpc) is 2.61. The Kier molecular flexibility index (Phi) is 5.47. The minimum Gasteiger partial charge on any atom is -0.381 e. The van der Waals surface area contributed by atoms with Gasteiger partial charge in [0.1, 0.15) is 11.6 Å². The standard InChI is InChI=1S/C23H28F2O/c1-15(2)17-5-7-18(8-6-17)23(9-11-26-12-10-23)19-13-20(24)22(16(3)4)21(25)14-19/h5-8,13-16H,9-12H2,1-4H3. The van der Waals surface area contributed by atoms with Gasteiger partial charge in [-0.1, -0.05) is 52.0 Å². The van der Waals surface area contributed by atoms with Crippen LogP contribution in [0.5, 0.6) is 0 Å². The highest BCUT2D eigenvalue weighted by Crippen LogP contribution is 2.43. The fraction of sp³-hybridized carbons (Fsp3) is 0.478. The summed E-state index contributed by atoms with van der Waals surface area (Å²) in [5.41, 5.74) is 2.87. The molecule has 0 spiro atoms. The summed E-state index contributed by atoms with van der Waals surface area (Å²) in [5, 5.41) is 0. The second kappa shape index (κ2) is 7.48. The van der Waals surface area contributed by atoms with E-state index in [0.717, 1.165) is 24.0 Å². The Balaban J connectivity index is 2.11. The van der Waals surface area contributed by atoms with Gasteiger partial charge in [0.2, 0.25) is 0 Å². The van der Waals surface area contributed by atoms with Gasteiger partial charge in [-0.05, 0) is 53.5 Å². The molecule has 3 heteroatoms. The Morgan fingerprint density at radius 2 is 1.35 bits per heavy atom. The number of rotatable bonds is 4. The smallest absolute Gasteiger partial charge is 0.129 e. The molecule has 1 heterocycles. The van der Waals surface area contributed by atoms with Crippen molar-refractivity contribution in [1.82, 2.24) is 0 Å². The lowest BCUT2D eigenvalue weighted by atomic mass is 9.68. The lowest BCUT2D eigenvalue weighted by molar-refractivity contribution is 0.0629. The molecule has 0 saturated carbocycles. The number of halogens is 2.